The van der Waals surface area contributed by atoms with E-state index < -0.39 is 28.5 Å². The number of ether oxygens (including phenoxy) is 1. The van der Waals surface area contributed by atoms with E-state index in [-0.39, 0.29) is 35.4 Å². The van der Waals surface area contributed by atoms with Crippen LogP contribution in [0.1, 0.15) is 36.1 Å². The van der Waals surface area contributed by atoms with Crippen LogP contribution in [0.25, 0.3) is 0 Å². The number of hydrogen-bond donors (Lipinski definition) is 1. The second-order valence-electron chi connectivity index (χ2n) is 11.8. The zero-order chi connectivity index (χ0) is 33.3. The first-order chi connectivity index (χ1) is 22.0. The van der Waals surface area contributed by atoms with Crippen molar-refractivity contribution in [2.45, 2.75) is 51.6 Å². The van der Waals surface area contributed by atoms with E-state index in [1.165, 1.54) is 24.1 Å². The van der Waals surface area contributed by atoms with Crippen molar-refractivity contribution < 1.29 is 22.7 Å². The second-order valence-corrected chi connectivity index (χ2v) is 13.7. The van der Waals surface area contributed by atoms with Gasteiger partial charge in [-0.1, -0.05) is 92.2 Å². The molecule has 2 amide bonds. The molecule has 0 saturated heterocycles. The van der Waals surface area contributed by atoms with Crippen molar-refractivity contribution in [2.24, 2.45) is 5.92 Å². The standard InChI is InChI=1S/C37H43N3O5S/c1-27(2)24-38-37(42)35(22-30-13-7-6-8-14-30)39(25-31-15-10-9-12-29(31)4)36(41)26-40(32-16-11-17-33(23-32)45-5)46(43,44)34-20-18-28(3)19-21-34/h6-21,23,27,35H,22,24-26H2,1-5H3,(H,38,42)/t35-/m0/s1. The van der Waals surface area contributed by atoms with Crippen LogP contribution in [0.15, 0.2) is 108 Å². The molecule has 0 radical (unpaired) electrons. The highest BCUT2D eigenvalue weighted by Gasteiger charge is 2.35. The van der Waals surface area contributed by atoms with Crippen LogP contribution < -0.4 is 14.4 Å². The third kappa shape index (κ3) is 8.75. The fourth-order valence-corrected chi connectivity index (χ4v) is 6.49. The van der Waals surface area contributed by atoms with E-state index in [4.69, 9.17) is 4.74 Å². The Labute approximate surface area is 273 Å². The van der Waals surface area contributed by atoms with Crippen LogP contribution in [0.4, 0.5) is 5.69 Å². The Balaban J connectivity index is 1.82. The molecule has 0 spiro atoms. The Morgan fingerprint density at radius 3 is 2.17 bits per heavy atom. The van der Waals surface area contributed by atoms with Gasteiger partial charge in [0.25, 0.3) is 10.0 Å². The van der Waals surface area contributed by atoms with Crippen LogP contribution >= 0.6 is 0 Å². The van der Waals surface area contributed by atoms with Gasteiger partial charge in [0.1, 0.15) is 18.3 Å². The molecule has 9 heteroatoms. The largest absolute Gasteiger partial charge is 0.497 e. The summed E-state index contributed by atoms with van der Waals surface area (Å²) in [7, 11) is -2.71. The fraction of sp³-hybridized carbons (Fsp3) is 0.297. The van der Waals surface area contributed by atoms with Gasteiger partial charge < -0.3 is 15.0 Å². The van der Waals surface area contributed by atoms with Crippen LogP contribution in [0.3, 0.4) is 0 Å². The number of nitrogens with zero attached hydrogens (tertiary/aromatic N) is 2. The topological polar surface area (TPSA) is 96.0 Å². The lowest BCUT2D eigenvalue weighted by Crippen LogP contribution is -2.53. The predicted molar refractivity (Wildman–Crippen MR) is 182 cm³/mol. The SMILES string of the molecule is COc1cccc(N(CC(=O)N(Cc2ccccc2C)[C@@H](Cc2ccccc2)C(=O)NCC(C)C)S(=O)(=O)c2ccc(C)cc2)c1. The Bertz CT molecular complexity index is 1720. The molecule has 0 aliphatic carbocycles. The van der Waals surface area contributed by atoms with Crippen molar-refractivity contribution in [2.75, 3.05) is 24.5 Å². The van der Waals surface area contributed by atoms with E-state index in [0.717, 1.165) is 26.6 Å². The van der Waals surface area contributed by atoms with Gasteiger partial charge in [-0.3, -0.25) is 13.9 Å². The highest BCUT2D eigenvalue weighted by molar-refractivity contribution is 7.92. The lowest BCUT2D eigenvalue weighted by molar-refractivity contribution is -0.140. The highest BCUT2D eigenvalue weighted by Crippen LogP contribution is 2.28. The van der Waals surface area contributed by atoms with Crippen molar-refractivity contribution in [3.63, 3.8) is 0 Å². The summed E-state index contributed by atoms with van der Waals surface area (Å²) in [6.07, 6.45) is 0.256. The number of sulfonamides is 1. The van der Waals surface area contributed by atoms with E-state index in [2.05, 4.69) is 5.32 Å². The molecule has 8 nitrogen and oxygen atoms in total. The van der Waals surface area contributed by atoms with Crippen LogP contribution in [0, 0.1) is 19.8 Å². The number of methoxy groups -OCH3 is 1. The Morgan fingerprint density at radius 2 is 1.52 bits per heavy atom. The van der Waals surface area contributed by atoms with Crippen LogP contribution in [-0.2, 0) is 32.6 Å². The molecule has 0 aliphatic rings. The third-order valence-electron chi connectivity index (χ3n) is 7.79. The smallest absolute Gasteiger partial charge is 0.264 e. The maximum absolute atomic E-state index is 14.6. The summed E-state index contributed by atoms with van der Waals surface area (Å²) in [6, 6.07) is 29.4. The van der Waals surface area contributed by atoms with E-state index in [9.17, 15) is 18.0 Å². The zero-order valence-electron chi connectivity index (χ0n) is 27.1. The Morgan fingerprint density at radius 1 is 0.848 bits per heavy atom. The van der Waals surface area contributed by atoms with Crippen LogP contribution in [0.5, 0.6) is 5.75 Å². The average Bonchev–Trinajstić information content (AvgIpc) is 3.05. The molecule has 0 saturated carbocycles. The lowest BCUT2D eigenvalue weighted by Gasteiger charge is -2.34. The first-order valence-corrected chi connectivity index (χ1v) is 16.8. The normalized spacial score (nSPS) is 12.0. The van der Waals surface area contributed by atoms with Crippen LogP contribution in [-0.4, -0.2) is 51.4 Å². The summed E-state index contributed by atoms with van der Waals surface area (Å²) in [6.45, 7) is 7.87. The Hall–Kier alpha value is -4.63. The van der Waals surface area contributed by atoms with Gasteiger partial charge in [-0.2, -0.15) is 0 Å². The summed E-state index contributed by atoms with van der Waals surface area (Å²) in [5, 5.41) is 3.02. The van der Waals surface area contributed by atoms with E-state index >= 15 is 0 Å². The summed E-state index contributed by atoms with van der Waals surface area (Å²) in [5.41, 5.74) is 3.88. The summed E-state index contributed by atoms with van der Waals surface area (Å²) in [4.78, 5) is 30.1. The Kier molecular flexibility index (Phi) is 11.6. The van der Waals surface area contributed by atoms with Gasteiger partial charge in [0, 0.05) is 25.6 Å². The van der Waals surface area contributed by atoms with Crippen molar-refractivity contribution >= 4 is 27.5 Å². The van der Waals surface area contributed by atoms with Crippen molar-refractivity contribution in [1.82, 2.24) is 10.2 Å². The number of nitrogens with one attached hydrogen (secondary N) is 1. The van der Waals surface area contributed by atoms with E-state index in [1.807, 2.05) is 82.3 Å². The number of amides is 2. The molecule has 242 valence electrons. The van der Waals surface area contributed by atoms with Gasteiger partial charge in [-0.25, -0.2) is 8.42 Å². The number of rotatable bonds is 14. The second kappa shape index (κ2) is 15.6. The predicted octanol–water partition coefficient (Wildman–Crippen LogP) is 5.92. The number of carbonyl (C=O) groups excluding carboxylic acids is 2. The minimum atomic E-state index is -4.20. The molecule has 0 heterocycles. The van der Waals surface area contributed by atoms with Crippen molar-refractivity contribution in [3.05, 3.63) is 125 Å². The monoisotopic (exact) mass is 641 g/mol. The number of anilines is 1. The summed E-state index contributed by atoms with van der Waals surface area (Å²) in [5.74, 6) is -0.165. The van der Waals surface area contributed by atoms with Gasteiger partial charge >= 0.3 is 0 Å². The number of hydrogen-bond acceptors (Lipinski definition) is 5. The summed E-state index contributed by atoms with van der Waals surface area (Å²) < 4.78 is 34.9. The summed E-state index contributed by atoms with van der Waals surface area (Å²) >= 11 is 0. The van der Waals surface area contributed by atoms with E-state index in [1.54, 1.807) is 36.4 Å². The van der Waals surface area contributed by atoms with Gasteiger partial charge in [-0.15, -0.1) is 0 Å². The van der Waals surface area contributed by atoms with Crippen molar-refractivity contribution in [3.8, 4) is 5.75 Å². The molecule has 0 bridgehead atoms. The molecule has 0 aromatic heterocycles. The first kappa shape index (κ1) is 34.2. The van der Waals surface area contributed by atoms with Crippen molar-refractivity contribution in [1.29, 1.82) is 0 Å². The molecule has 0 fully saturated rings. The maximum Gasteiger partial charge on any atom is 0.264 e. The average molecular weight is 642 g/mol. The minimum Gasteiger partial charge on any atom is -0.497 e. The molecule has 4 rings (SSSR count). The van der Waals surface area contributed by atoms with Crippen LogP contribution in [0.2, 0.25) is 0 Å². The van der Waals surface area contributed by atoms with Gasteiger partial charge in [0.15, 0.2) is 0 Å². The third-order valence-corrected chi connectivity index (χ3v) is 9.57. The number of carbonyl (C=O) groups is 2. The fourth-order valence-electron chi connectivity index (χ4n) is 5.08. The quantitative estimate of drug-likeness (QED) is 0.185. The first-order valence-electron chi connectivity index (χ1n) is 15.4. The number of benzene rings is 4. The molecule has 1 atom stereocenters. The maximum atomic E-state index is 14.6. The van der Waals surface area contributed by atoms with E-state index in [0.29, 0.717) is 12.3 Å². The van der Waals surface area contributed by atoms with Gasteiger partial charge in [-0.05, 0) is 60.7 Å². The molecule has 0 aliphatic heterocycles. The molecule has 46 heavy (non-hydrogen) atoms. The zero-order valence-corrected chi connectivity index (χ0v) is 28.0. The lowest BCUT2D eigenvalue weighted by atomic mass is 10.0. The molecule has 0 unspecified atom stereocenters. The highest BCUT2D eigenvalue weighted by atomic mass is 32.2. The molecule has 1 N–H and O–H groups in total. The molecular formula is C37H43N3O5S. The number of aryl methyl sites for hydroxylation is 2. The van der Waals surface area contributed by atoms with Gasteiger partial charge in [0.05, 0.1) is 17.7 Å². The molecule has 4 aromatic rings. The molecular weight excluding hydrogens is 598 g/mol. The minimum absolute atomic E-state index is 0.0506. The van der Waals surface area contributed by atoms with Gasteiger partial charge in [0.2, 0.25) is 11.8 Å². The molecule has 4 aromatic carbocycles.